The Balaban J connectivity index is 1.23. The zero-order valence-electron chi connectivity index (χ0n) is 27.6. The highest BCUT2D eigenvalue weighted by Gasteiger charge is 2.21. The van der Waals surface area contributed by atoms with Crippen molar-refractivity contribution in [3.05, 3.63) is 182 Å². The van der Waals surface area contributed by atoms with Crippen molar-refractivity contribution in [3.63, 3.8) is 0 Å². The van der Waals surface area contributed by atoms with Crippen LogP contribution in [0.1, 0.15) is 0 Å². The standard InChI is InChI=1S/C48H30N2O/c1-4-13-31(14-5-1)33-17-12-20-36(25-33)50-43-22-11-10-21-37(43)38-27-39-40-29-48-42(41-26-34(23-24-47(41)51-48)32-15-6-2-7-16-32)28-44(40)49(46(39)30-45(38)50)35-18-8-3-9-19-35/h1-30H. The molecule has 0 radical (unpaired) electrons. The molecule has 3 aromatic heterocycles. The molecule has 0 N–H and O–H groups in total. The zero-order valence-corrected chi connectivity index (χ0v) is 27.6. The van der Waals surface area contributed by atoms with Gasteiger partial charge >= 0.3 is 0 Å². The Kier molecular flexibility index (Phi) is 5.96. The van der Waals surface area contributed by atoms with Crippen LogP contribution in [0.4, 0.5) is 0 Å². The van der Waals surface area contributed by atoms with Crippen molar-refractivity contribution in [1.29, 1.82) is 0 Å². The smallest absolute Gasteiger partial charge is 0.136 e. The van der Waals surface area contributed by atoms with Crippen molar-refractivity contribution in [2.45, 2.75) is 0 Å². The molecule has 0 saturated carbocycles. The first kappa shape index (κ1) is 28.0. The first-order valence-electron chi connectivity index (χ1n) is 17.4. The van der Waals surface area contributed by atoms with Crippen molar-refractivity contribution >= 4 is 65.6 Å². The van der Waals surface area contributed by atoms with E-state index in [9.17, 15) is 0 Å². The molecular formula is C48H30N2O. The van der Waals surface area contributed by atoms with E-state index in [2.05, 4.69) is 191 Å². The van der Waals surface area contributed by atoms with Gasteiger partial charge in [-0.25, -0.2) is 0 Å². The molecule has 0 unspecified atom stereocenters. The largest absolute Gasteiger partial charge is 0.456 e. The number of para-hydroxylation sites is 2. The van der Waals surface area contributed by atoms with Gasteiger partial charge in [-0.15, -0.1) is 0 Å². The molecule has 3 nitrogen and oxygen atoms in total. The van der Waals surface area contributed by atoms with E-state index in [1.165, 1.54) is 54.8 Å². The number of aromatic nitrogens is 2. The third-order valence-electron chi connectivity index (χ3n) is 10.5. The Bertz CT molecular complexity index is 3110. The van der Waals surface area contributed by atoms with Crippen LogP contribution < -0.4 is 0 Å². The maximum absolute atomic E-state index is 6.57. The predicted octanol–water partition coefficient (Wildman–Crippen LogP) is 13.1. The Hall–Kier alpha value is -6.84. The maximum Gasteiger partial charge on any atom is 0.136 e. The average Bonchev–Trinajstić information content (AvgIpc) is 3.83. The number of benzene rings is 8. The average molecular weight is 651 g/mol. The number of nitrogens with zero attached hydrogens (tertiary/aromatic N) is 2. The van der Waals surface area contributed by atoms with Gasteiger partial charge in [-0.2, -0.15) is 0 Å². The van der Waals surface area contributed by atoms with Crippen LogP contribution in [-0.2, 0) is 0 Å². The Morgan fingerprint density at radius 3 is 1.59 bits per heavy atom. The molecule has 0 aliphatic heterocycles. The Morgan fingerprint density at radius 2 is 0.824 bits per heavy atom. The Labute approximate surface area is 293 Å². The minimum absolute atomic E-state index is 0.898. The van der Waals surface area contributed by atoms with Crippen molar-refractivity contribution in [2.24, 2.45) is 0 Å². The molecule has 0 atom stereocenters. The summed E-state index contributed by atoms with van der Waals surface area (Å²) < 4.78 is 11.4. The summed E-state index contributed by atoms with van der Waals surface area (Å²) in [4.78, 5) is 0. The molecule has 0 bridgehead atoms. The highest BCUT2D eigenvalue weighted by molar-refractivity contribution is 6.22. The van der Waals surface area contributed by atoms with Crippen LogP contribution in [0, 0.1) is 0 Å². The number of fused-ring (bicyclic) bond motifs is 9. The number of furan rings is 1. The van der Waals surface area contributed by atoms with Gasteiger partial charge in [-0.3, -0.25) is 0 Å². The van der Waals surface area contributed by atoms with Crippen molar-refractivity contribution in [2.75, 3.05) is 0 Å². The molecule has 11 rings (SSSR count). The van der Waals surface area contributed by atoms with E-state index in [4.69, 9.17) is 4.42 Å². The van der Waals surface area contributed by atoms with E-state index in [1.54, 1.807) is 0 Å². The lowest BCUT2D eigenvalue weighted by Crippen LogP contribution is -1.96. The summed E-state index contributed by atoms with van der Waals surface area (Å²) in [6.45, 7) is 0. The second kappa shape index (κ2) is 10.8. The first-order chi connectivity index (χ1) is 25.3. The van der Waals surface area contributed by atoms with Gasteiger partial charge in [-0.05, 0) is 89.0 Å². The monoisotopic (exact) mass is 650 g/mol. The van der Waals surface area contributed by atoms with Crippen molar-refractivity contribution in [1.82, 2.24) is 9.13 Å². The topological polar surface area (TPSA) is 23.0 Å². The summed E-state index contributed by atoms with van der Waals surface area (Å²) in [6, 6.07) is 65.5. The molecule has 0 aliphatic rings. The SMILES string of the molecule is c1ccc(-c2cccc(-n3c4ccccc4c4cc5c6cc7oc8ccc(-c9ccccc9)cc8c7cc6n(-c6ccccc6)c5cc43)c2)cc1. The lowest BCUT2D eigenvalue weighted by Gasteiger charge is -2.11. The van der Waals surface area contributed by atoms with Gasteiger partial charge in [0.1, 0.15) is 11.2 Å². The highest BCUT2D eigenvalue weighted by atomic mass is 16.3. The summed E-state index contributed by atoms with van der Waals surface area (Å²) in [5.41, 5.74) is 13.5. The summed E-state index contributed by atoms with van der Waals surface area (Å²) in [7, 11) is 0. The number of hydrogen-bond acceptors (Lipinski definition) is 1. The maximum atomic E-state index is 6.57. The molecule has 238 valence electrons. The van der Waals surface area contributed by atoms with Crippen LogP contribution in [0.25, 0.3) is 99.2 Å². The minimum Gasteiger partial charge on any atom is -0.456 e. The second-order valence-electron chi connectivity index (χ2n) is 13.4. The van der Waals surface area contributed by atoms with Crippen LogP contribution in [0.3, 0.4) is 0 Å². The molecule has 8 aromatic carbocycles. The number of rotatable bonds is 4. The van der Waals surface area contributed by atoms with Gasteiger partial charge < -0.3 is 13.6 Å². The quantitative estimate of drug-likeness (QED) is 0.186. The summed E-state index contributed by atoms with van der Waals surface area (Å²) in [5, 5.41) is 7.08. The number of hydrogen-bond donors (Lipinski definition) is 0. The van der Waals surface area contributed by atoms with Gasteiger partial charge in [0.05, 0.1) is 22.1 Å². The summed E-state index contributed by atoms with van der Waals surface area (Å²) in [6.07, 6.45) is 0. The fraction of sp³-hybridized carbons (Fsp3) is 0. The third-order valence-corrected chi connectivity index (χ3v) is 10.5. The van der Waals surface area contributed by atoms with E-state index in [0.29, 0.717) is 0 Å². The fourth-order valence-electron chi connectivity index (χ4n) is 8.15. The van der Waals surface area contributed by atoms with Crippen molar-refractivity contribution < 1.29 is 4.42 Å². The van der Waals surface area contributed by atoms with Gasteiger partial charge in [0.15, 0.2) is 0 Å². The lowest BCUT2D eigenvalue weighted by atomic mass is 10.0. The van der Waals surface area contributed by atoms with Crippen LogP contribution in [0.2, 0.25) is 0 Å². The molecule has 0 amide bonds. The third kappa shape index (κ3) is 4.25. The molecule has 0 spiro atoms. The lowest BCUT2D eigenvalue weighted by molar-refractivity contribution is 0.669. The molecule has 51 heavy (non-hydrogen) atoms. The fourth-order valence-corrected chi connectivity index (χ4v) is 8.15. The molecule has 0 saturated heterocycles. The van der Waals surface area contributed by atoms with Crippen LogP contribution in [0.5, 0.6) is 0 Å². The molecule has 11 aromatic rings. The van der Waals surface area contributed by atoms with Crippen LogP contribution in [0.15, 0.2) is 186 Å². The van der Waals surface area contributed by atoms with Gasteiger partial charge in [0.2, 0.25) is 0 Å². The van der Waals surface area contributed by atoms with E-state index in [-0.39, 0.29) is 0 Å². The summed E-state index contributed by atoms with van der Waals surface area (Å²) >= 11 is 0. The van der Waals surface area contributed by atoms with E-state index >= 15 is 0 Å². The van der Waals surface area contributed by atoms with E-state index < -0.39 is 0 Å². The molecule has 0 aliphatic carbocycles. The molecular weight excluding hydrogens is 621 g/mol. The normalized spacial score (nSPS) is 11.9. The first-order valence-corrected chi connectivity index (χ1v) is 17.4. The van der Waals surface area contributed by atoms with Gasteiger partial charge in [0.25, 0.3) is 0 Å². The van der Waals surface area contributed by atoms with Gasteiger partial charge in [0, 0.05) is 43.7 Å². The molecule has 0 fully saturated rings. The predicted molar refractivity (Wildman–Crippen MR) is 213 cm³/mol. The van der Waals surface area contributed by atoms with Gasteiger partial charge in [-0.1, -0.05) is 115 Å². The Morgan fingerprint density at radius 1 is 0.275 bits per heavy atom. The zero-order chi connectivity index (χ0) is 33.5. The molecule has 3 heteroatoms. The van der Waals surface area contributed by atoms with E-state index in [1.807, 2.05) is 0 Å². The molecule has 3 heterocycles. The minimum atomic E-state index is 0.898. The van der Waals surface area contributed by atoms with Crippen LogP contribution in [-0.4, -0.2) is 9.13 Å². The van der Waals surface area contributed by atoms with Crippen molar-refractivity contribution in [3.8, 4) is 33.6 Å². The highest BCUT2D eigenvalue weighted by Crippen LogP contribution is 2.43. The second-order valence-corrected chi connectivity index (χ2v) is 13.4. The van der Waals surface area contributed by atoms with E-state index in [0.717, 1.165) is 44.3 Å². The van der Waals surface area contributed by atoms with Crippen LogP contribution >= 0.6 is 0 Å². The summed E-state index contributed by atoms with van der Waals surface area (Å²) in [5.74, 6) is 0.